The van der Waals surface area contributed by atoms with E-state index in [0.29, 0.717) is 0 Å². The molecule has 0 amide bonds. The lowest BCUT2D eigenvalue weighted by molar-refractivity contribution is 0.233. The van der Waals surface area contributed by atoms with Gasteiger partial charge in [-0.05, 0) is 50.1 Å². The van der Waals surface area contributed by atoms with Crippen LogP contribution in [0.1, 0.15) is 91.4 Å². The van der Waals surface area contributed by atoms with E-state index in [9.17, 15) is 0 Å². The van der Waals surface area contributed by atoms with E-state index in [1.807, 2.05) is 0 Å². The molecule has 0 aliphatic heterocycles. The summed E-state index contributed by atoms with van der Waals surface area (Å²) >= 11 is 0. The molecule has 3 unspecified atom stereocenters. The van der Waals surface area contributed by atoms with Crippen LogP contribution in [0.5, 0.6) is 0 Å². The highest BCUT2D eigenvalue weighted by molar-refractivity contribution is 4.78. The molecule has 0 aromatic carbocycles. The van der Waals surface area contributed by atoms with Gasteiger partial charge in [-0.15, -0.1) is 0 Å². The van der Waals surface area contributed by atoms with Gasteiger partial charge in [-0.2, -0.15) is 0 Å². The molecule has 0 spiro atoms. The van der Waals surface area contributed by atoms with Crippen molar-refractivity contribution in [3.05, 3.63) is 0 Å². The van der Waals surface area contributed by atoms with Crippen molar-refractivity contribution in [1.82, 2.24) is 5.32 Å². The van der Waals surface area contributed by atoms with E-state index in [1.54, 1.807) is 0 Å². The lowest BCUT2D eigenvalue weighted by Crippen LogP contribution is -2.29. The molecule has 1 saturated carbocycles. The van der Waals surface area contributed by atoms with Gasteiger partial charge in [0.2, 0.25) is 0 Å². The van der Waals surface area contributed by atoms with Gasteiger partial charge in [-0.3, -0.25) is 0 Å². The van der Waals surface area contributed by atoms with Gasteiger partial charge in [0.25, 0.3) is 0 Å². The second kappa shape index (κ2) is 11.6. The molecule has 0 heterocycles. The van der Waals surface area contributed by atoms with Gasteiger partial charge in [-0.1, -0.05) is 72.1 Å². The first-order valence-corrected chi connectivity index (χ1v) is 9.52. The largest absolute Gasteiger partial charge is 0.316 e. The van der Waals surface area contributed by atoms with E-state index >= 15 is 0 Å². The molecule has 0 aromatic rings. The normalized spacial score (nSPS) is 25.4. The van der Waals surface area contributed by atoms with Crippen molar-refractivity contribution in [3.63, 3.8) is 0 Å². The van der Waals surface area contributed by atoms with Crippen molar-refractivity contribution >= 4 is 0 Å². The Labute approximate surface area is 128 Å². The molecular formula is C19H39N. The molecule has 1 aliphatic rings. The van der Waals surface area contributed by atoms with Crippen molar-refractivity contribution in [2.45, 2.75) is 91.4 Å². The maximum atomic E-state index is 3.70. The van der Waals surface area contributed by atoms with Crippen LogP contribution in [0.15, 0.2) is 0 Å². The third-order valence-electron chi connectivity index (χ3n) is 5.33. The highest BCUT2D eigenvalue weighted by Crippen LogP contribution is 2.35. The molecule has 1 aliphatic carbocycles. The molecule has 120 valence electrons. The molecule has 3 atom stereocenters. The summed E-state index contributed by atoms with van der Waals surface area (Å²) in [5, 5.41) is 3.70. The van der Waals surface area contributed by atoms with E-state index in [0.717, 1.165) is 17.8 Å². The van der Waals surface area contributed by atoms with Crippen molar-refractivity contribution < 1.29 is 0 Å². The maximum absolute atomic E-state index is 3.70. The Morgan fingerprint density at radius 2 is 1.70 bits per heavy atom. The topological polar surface area (TPSA) is 12.0 Å². The highest BCUT2D eigenvalue weighted by Gasteiger charge is 2.25. The molecule has 1 nitrogen and oxygen atoms in total. The standard InChI is InChI=1S/C19H39N/c1-4-7-11-17(6-3)15-18-12-9-8-10-13-19(18)16-20-14-5-2/h17-20H,4-16H2,1-3H3. The van der Waals surface area contributed by atoms with E-state index in [1.165, 1.54) is 83.7 Å². The lowest BCUT2D eigenvalue weighted by Gasteiger charge is -2.29. The van der Waals surface area contributed by atoms with E-state index in [4.69, 9.17) is 0 Å². The summed E-state index contributed by atoms with van der Waals surface area (Å²) in [6, 6.07) is 0. The number of hydrogen-bond acceptors (Lipinski definition) is 1. The van der Waals surface area contributed by atoms with Crippen LogP contribution in [0.2, 0.25) is 0 Å². The third-order valence-corrected chi connectivity index (χ3v) is 5.33. The molecular weight excluding hydrogens is 242 g/mol. The first-order chi connectivity index (χ1) is 9.81. The van der Waals surface area contributed by atoms with Crippen LogP contribution in [0.3, 0.4) is 0 Å². The van der Waals surface area contributed by atoms with Crippen molar-refractivity contribution in [2.75, 3.05) is 13.1 Å². The predicted molar refractivity (Wildman–Crippen MR) is 91.1 cm³/mol. The van der Waals surface area contributed by atoms with Crippen molar-refractivity contribution in [1.29, 1.82) is 0 Å². The first-order valence-electron chi connectivity index (χ1n) is 9.52. The molecule has 0 saturated heterocycles. The second-order valence-electron chi connectivity index (χ2n) is 7.01. The van der Waals surface area contributed by atoms with Gasteiger partial charge in [0.05, 0.1) is 0 Å². The zero-order chi connectivity index (χ0) is 14.6. The summed E-state index contributed by atoms with van der Waals surface area (Å²) in [5.74, 6) is 2.95. The maximum Gasteiger partial charge on any atom is -0.00179 e. The molecule has 1 rings (SSSR count). The molecule has 0 bridgehead atoms. The zero-order valence-electron chi connectivity index (χ0n) is 14.4. The Kier molecular flexibility index (Phi) is 10.4. The minimum Gasteiger partial charge on any atom is -0.316 e. The molecule has 20 heavy (non-hydrogen) atoms. The zero-order valence-corrected chi connectivity index (χ0v) is 14.4. The van der Waals surface area contributed by atoms with Crippen LogP contribution < -0.4 is 5.32 Å². The van der Waals surface area contributed by atoms with Crippen molar-refractivity contribution in [3.8, 4) is 0 Å². The van der Waals surface area contributed by atoms with Crippen LogP contribution in [0.4, 0.5) is 0 Å². The minimum absolute atomic E-state index is 0.958. The Morgan fingerprint density at radius 3 is 2.35 bits per heavy atom. The lowest BCUT2D eigenvalue weighted by atomic mass is 9.79. The van der Waals surface area contributed by atoms with E-state index in [-0.39, 0.29) is 0 Å². The van der Waals surface area contributed by atoms with E-state index in [2.05, 4.69) is 26.1 Å². The fourth-order valence-corrected chi connectivity index (χ4v) is 3.91. The molecule has 1 N–H and O–H groups in total. The summed E-state index contributed by atoms with van der Waals surface area (Å²) in [5.41, 5.74) is 0. The fraction of sp³-hybridized carbons (Fsp3) is 1.00. The Bertz CT molecular complexity index is 214. The average molecular weight is 282 g/mol. The third kappa shape index (κ3) is 7.11. The monoisotopic (exact) mass is 281 g/mol. The van der Waals surface area contributed by atoms with E-state index < -0.39 is 0 Å². The predicted octanol–water partition coefficient (Wildman–Crippen LogP) is 5.79. The number of unbranched alkanes of at least 4 members (excludes halogenated alkanes) is 1. The number of rotatable bonds is 10. The minimum atomic E-state index is 0.958. The summed E-state index contributed by atoms with van der Waals surface area (Å²) in [7, 11) is 0. The van der Waals surface area contributed by atoms with Crippen LogP contribution >= 0.6 is 0 Å². The van der Waals surface area contributed by atoms with Gasteiger partial charge in [-0.25, -0.2) is 0 Å². The Hall–Kier alpha value is -0.0400. The van der Waals surface area contributed by atoms with Crippen LogP contribution in [0.25, 0.3) is 0 Å². The second-order valence-corrected chi connectivity index (χ2v) is 7.01. The fourth-order valence-electron chi connectivity index (χ4n) is 3.91. The summed E-state index contributed by atoms with van der Waals surface area (Å²) in [6.45, 7) is 9.49. The van der Waals surface area contributed by atoms with Gasteiger partial charge in [0, 0.05) is 0 Å². The SMILES string of the molecule is CCCCC(CC)CC1CCCCCC1CNCCC. The van der Waals surface area contributed by atoms with Gasteiger partial charge in [0.15, 0.2) is 0 Å². The van der Waals surface area contributed by atoms with Gasteiger partial charge < -0.3 is 5.32 Å². The number of hydrogen-bond donors (Lipinski definition) is 1. The average Bonchev–Trinajstić information content (AvgIpc) is 2.69. The van der Waals surface area contributed by atoms with Crippen LogP contribution in [0, 0.1) is 17.8 Å². The summed E-state index contributed by atoms with van der Waals surface area (Å²) < 4.78 is 0. The Morgan fingerprint density at radius 1 is 0.950 bits per heavy atom. The summed E-state index contributed by atoms with van der Waals surface area (Å²) in [6.07, 6.45) is 15.9. The van der Waals surface area contributed by atoms with Crippen LogP contribution in [-0.2, 0) is 0 Å². The Balaban J connectivity index is 2.45. The first kappa shape index (κ1) is 18.0. The highest BCUT2D eigenvalue weighted by atomic mass is 14.9. The van der Waals surface area contributed by atoms with Crippen LogP contribution in [-0.4, -0.2) is 13.1 Å². The number of nitrogens with one attached hydrogen (secondary N) is 1. The van der Waals surface area contributed by atoms with Crippen molar-refractivity contribution in [2.24, 2.45) is 17.8 Å². The van der Waals surface area contributed by atoms with Gasteiger partial charge >= 0.3 is 0 Å². The van der Waals surface area contributed by atoms with Gasteiger partial charge in [0.1, 0.15) is 0 Å². The molecule has 1 heteroatoms. The summed E-state index contributed by atoms with van der Waals surface area (Å²) in [4.78, 5) is 0. The smallest absolute Gasteiger partial charge is 0.00179 e. The molecule has 0 radical (unpaired) electrons. The quantitative estimate of drug-likeness (QED) is 0.395. The molecule has 0 aromatic heterocycles. The molecule has 1 fully saturated rings.